The summed E-state index contributed by atoms with van der Waals surface area (Å²) in [5.74, 6) is 0. The number of nitrogens with zero attached hydrogens (tertiary/aromatic N) is 2. The van der Waals surface area contributed by atoms with Crippen molar-refractivity contribution in [3.8, 4) is 0 Å². The van der Waals surface area contributed by atoms with E-state index in [4.69, 9.17) is 0 Å². The van der Waals surface area contributed by atoms with Gasteiger partial charge < -0.3 is 10.4 Å². The molecule has 1 heterocycles. The van der Waals surface area contributed by atoms with Crippen LogP contribution in [0.3, 0.4) is 0 Å². The van der Waals surface area contributed by atoms with Crippen LogP contribution in [0.1, 0.15) is 32.1 Å². The molecule has 0 aliphatic carbocycles. The Kier molecular flexibility index (Phi) is 5.36. The molecule has 0 amide bonds. The van der Waals surface area contributed by atoms with Crippen LogP contribution in [0, 0.1) is 0 Å². The molecule has 1 aromatic rings. The van der Waals surface area contributed by atoms with E-state index in [1.54, 1.807) is 11.3 Å². The molecule has 0 aliphatic heterocycles. The quantitative estimate of drug-likeness (QED) is 0.786. The third kappa shape index (κ3) is 6.00. The van der Waals surface area contributed by atoms with Crippen LogP contribution in [0.4, 0.5) is 5.13 Å². The van der Waals surface area contributed by atoms with Crippen LogP contribution >= 0.6 is 11.3 Å². The van der Waals surface area contributed by atoms with Crippen LogP contribution in [0.2, 0.25) is 0 Å². The molecular formula is C12H23N3OS. The van der Waals surface area contributed by atoms with Crippen LogP contribution in [0.5, 0.6) is 0 Å². The van der Waals surface area contributed by atoms with Gasteiger partial charge in [0.05, 0.1) is 5.60 Å². The Labute approximate surface area is 108 Å². The molecule has 0 unspecified atom stereocenters. The van der Waals surface area contributed by atoms with Gasteiger partial charge in [0.15, 0.2) is 5.13 Å². The predicted molar refractivity (Wildman–Crippen MR) is 73.5 cm³/mol. The van der Waals surface area contributed by atoms with Crippen molar-refractivity contribution in [3.05, 3.63) is 11.1 Å². The Bertz CT molecular complexity index is 333. The van der Waals surface area contributed by atoms with Crippen LogP contribution in [-0.4, -0.2) is 40.7 Å². The standard InChI is InChI=1S/C12H23N3OS/c1-5-6-13-11-14-7-10(17-11)8-15(4)9-12(2,3)16/h7,16H,5-6,8-9H2,1-4H3,(H,13,14). The maximum Gasteiger partial charge on any atom is 0.182 e. The first-order chi connectivity index (χ1) is 7.90. The second-order valence-electron chi connectivity index (χ2n) is 5.04. The summed E-state index contributed by atoms with van der Waals surface area (Å²) in [5.41, 5.74) is -0.650. The highest BCUT2D eigenvalue weighted by atomic mass is 32.1. The van der Waals surface area contributed by atoms with Crippen molar-refractivity contribution in [1.82, 2.24) is 9.88 Å². The average Bonchev–Trinajstić information content (AvgIpc) is 2.59. The van der Waals surface area contributed by atoms with Gasteiger partial charge in [0, 0.05) is 30.7 Å². The number of thiazole rings is 1. The van der Waals surface area contributed by atoms with Crippen LogP contribution in [0.15, 0.2) is 6.20 Å². The summed E-state index contributed by atoms with van der Waals surface area (Å²) >= 11 is 1.68. The Balaban J connectivity index is 2.43. The Morgan fingerprint density at radius 2 is 2.24 bits per heavy atom. The molecule has 2 N–H and O–H groups in total. The number of rotatable bonds is 7. The van der Waals surface area contributed by atoms with Crippen molar-refractivity contribution in [1.29, 1.82) is 0 Å². The summed E-state index contributed by atoms with van der Waals surface area (Å²) in [4.78, 5) is 7.65. The molecule has 0 saturated heterocycles. The minimum Gasteiger partial charge on any atom is -0.389 e. The van der Waals surface area contributed by atoms with Gasteiger partial charge in [0.25, 0.3) is 0 Å². The summed E-state index contributed by atoms with van der Waals surface area (Å²) < 4.78 is 0. The molecule has 0 aliphatic rings. The molecule has 0 radical (unpaired) electrons. The highest BCUT2D eigenvalue weighted by Gasteiger charge is 2.16. The fraction of sp³-hybridized carbons (Fsp3) is 0.750. The van der Waals surface area contributed by atoms with Gasteiger partial charge in [-0.05, 0) is 27.3 Å². The molecule has 98 valence electrons. The first-order valence-corrected chi connectivity index (χ1v) is 6.82. The van der Waals surface area contributed by atoms with E-state index in [0.717, 1.165) is 24.6 Å². The van der Waals surface area contributed by atoms with Crippen molar-refractivity contribution in [3.63, 3.8) is 0 Å². The number of likely N-dealkylation sites (N-methyl/N-ethyl adjacent to an activating group) is 1. The third-order valence-corrected chi connectivity index (χ3v) is 3.10. The highest BCUT2D eigenvalue weighted by Crippen LogP contribution is 2.19. The first kappa shape index (κ1) is 14.4. The summed E-state index contributed by atoms with van der Waals surface area (Å²) in [5, 5.41) is 14.0. The van der Waals surface area contributed by atoms with E-state index in [1.165, 1.54) is 4.88 Å². The van der Waals surface area contributed by atoms with Gasteiger partial charge in [-0.1, -0.05) is 6.92 Å². The van der Waals surface area contributed by atoms with Crippen LogP contribution < -0.4 is 5.32 Å². The molecule has 0 saturated carbocycles. The van der Waals surface area contributed by atoms with E-state index in [9.17, 15) is 5.11 Å². The molecular weight excluding hydrogens is 234 g/mol. The summed E-state index contributed by atoms with van der Waals surface area (Å²) in [6.07, 6.45) is 3.01. The zero-order chi connectivity index (χ0) is 12.9. The molecule has 0 bridgehead atoms. The number of anilines is 1. The van der Waals surface area contributed by atoms with E-state index < -0.39 is 5.60 Å². The van der Waals surface area contributed by atoms with Crippen LogP contribution in [0.25, 0.3) is 0 Å². The van der Waals surface area contributed by atoms with E-state index in [2.05, 4.69) is 22.1 Å². The lowest BCUT2D eigenvalue weighted by Crippen LogP contribution is -2.35. The van der Waals surface area contributed by atoms with Crippen molar-refractivity contribution < 1.29 is 5.11 Å². The average molecular weight is 257 g/mol. The maximum atomic E-state index is 9.72. The molecule has 1 rings (SSSR count). The Hall–Kier alpha value is -0.650. The number of nitrogens with one attached hydrogen (secondary N) is 1. The second kappa shape index (κ2) is 6.33. The van der Waals surface area contributed by atoms with Gasteiger partial charge in [0.2, 0.25) is 0 Å². The Morgan fingerprint density at radius 1 is 1.53 bits per heavy atom. The van der Waals surface area contributed by atoms with Gasteiger partial charge in [-0.15, -0.1) is 11.3 Å². The lowest BCUT2D eigenvalue weighted by molar-refractivity contribution is 0.0427. The van der Waals surface area contributed by atoms with Gasteiger partial charge in [-0.2, -0.15) is 0 Å². The van der Waals surface area contributed by atoms with Crippen molar-refractivity contribution in [2.24, 2.45) is 0 Å². The van der Waals surface area contributed by atoms with Crippen molar-refractivity contribution in [2.45, 2.75) is 39.3 Å². The zero-order valence-electron chi connectivity index (χ0n) is 11.2. The molecule has 0 spiro atoms. The SMILES string of the molecule is CCCNc1ncc(CN(C)CC(C)(C)O)s1. The molecule has 4 nitrogen and oxygen atoms in total. The minimum absolute atomic E-state index is 0.650. The zero-order valence-corrected chi connectivity index (χ0v) is 12.0. The molecule has 5 heteroatoms. The molecule has 0 fully saturated rings. The highest BCUT2D eigenvalue weighted by molar-refractivity contribution is 7.15. The molecule has 0 atom stereocenters. The normalized spacial score (nSPS) is 12.1. The van der Waals surface area contributed by atoms with Gasteiger partial charge >= 0.3 is 0 Å². The van der Waals surface area contributed by atoms with Crippen molar-refractivity contribution in [2.75, 3.05) is 25.5 Å². The van der Waals surface area contributed by atoms with Gasteiger partial charge in [-0.3, -0.25) is 4.90 Å². The Morgan fingerprint density at radius 3 is 2.82 bits per heavy atom. The minimum atomic E-state index is -0.650. The first-order valence-electron chi connectivity index (χ1n) is 6.00. The molecule has 1 aromatic heterocycles. The predicted octanol–water partition coefficient (Wildman–Crippen LogP) is 2.17. The number of aliphatic hydroxyl groups is 1. The number of hydrogen-bond acceptors (Lipinski definition) is 5. The topological polar surface area (TPSA) is 48.4 Å². The van der Waals surface area contributed by atoms with E-state index in [1.807, 2.05) is 27.1 Å². The molecule has 0 aromatic carbocycles. The van der Waals surface area contributed by atoms with Gasteiger partial charge in [0.1, 0.15) is 0 Å². The number of aromatic nitrogens is 1. The van der Waals surface area contributed by atoms with Gasteiger partial charge in [-0.25, -0.2) is 4.98 Å². The lowest BCUT2D eigenvalue weighted by Gasteiger charge is -2.24. The fourth-order valence-electron chi connectivity index (χ4n) is 1.68. The van der Waals surface area contributed by atoms with Crippen molar-refractivity contribution >= 4 is 16.5 Å². The number of hydrogen-bond donors (Lipinski definition) is 2. The summed E-state index contributed by atoms with van der Waals surface area (Å²) in [7, 11) is 2.01. The maximum absolute atomic E-state index is 9.72. The second-order valence-corrected chi connectivity index (χ2v) is 6.16. The van der Waals surface area contributed by atoms with E-state index in [0.29, 0.717) is 6.54 Å². The smallest absolute Gasteiger partial charge is 0.182 e. The lowest BCUT2D eigenvalue weighted by atomic mass is 10.1. The summed E-state index contributed by atoms with van der Waals surface area (Å²) in [6, 6.07) is 0. The largest absolute Gasteiger partial charge is 0.389 e. The molecule has 17 heavy (non-hydrogen) atoms. The van der Waals surface area contributed by atoms with E-state index >= 15 is 0 Å². The van der Waals surface area contributed by atoms with Crippen LogP contribution in [-0.2, 0) is 6.54 Å². The van der Waals surface area contributed by atoms with E-state index in [-0.39, 0.29) is 0 Å². The fourth-order valence-corrected chi connectivity index (χ4v) is 2.60. The summed E-state index contributed by atoms with van der Waals surface area (Å²) in [6.45, 7) is 8.23. The monoisotopic (exact) mass is 257 g/mol. The third-order valence-electron chi connectivity index (χ3n) is 2.16.